The number of hydrogen-bond acceptors (Lipinski definition) is 11. The van der Waals surface area contributed by atoms with Crippen LogP contribution in [0.5, 0.6) is 0 Å². The third kappa shape index (κ3) is 11.7. The molecule has 3 aromatic carbocycles. The van der Waals surface area contributed by atoms with Gasteiger partial charge in [-0.05, 0) is 85.3 Å². The number of rotatable bonds is 17. The maximum absolute atomic E-state index is 14.3. The summed E-state index contributed by atoms with van der Waals surface area (Å²) in [6, 6.07) is 13.2. The zero-order valence-electron chi connectivity index (χ0n) is 40.1. The highest BCUT2D eigenvalue weighted by molar-refractivity contribution is 7.13. The van der Waals surface area contributed by atoms with Gasteiger partial charge in [-0.3, -0.25) is 38.5 Å². The van der Waals surface area contributed by atoms with Gasteiger partial charge in [0.2, 0.25) is 41.4 Å². The minimum absolute atomic E-state index is 0.0103. The largest absolute Gasteiger partial charge is 0.391 e. The van der Waals surface area contributed by atoms with Gasteiger partial charge in [0, 0.05) is 32.2 Å². The number of halogens is 1. The standard InChI is InChI=1S/C51H62ClN9O8S/c1-27(29-15-17-32(18-16-29)44-28(2)55-26-70-44)56-47(66)38-24-34(62)25-60(38)50(69)45(51(3,4)5)59-41(64)14-8-10-30-9-7-13-36(42(30)52)57-46(65)37(21-22-40(54)63)58-48(67)39-23-33-12-6-11-31-19-20-35(53)49(68)61(39)43(31)33/h6-7,9,11-13,15-18,26-27,34-35,37-39,45,62H,8,10,14,19-25,53H2,1-5H3,(H2,54,63)(H,56,66)(H,57,65)(H,58,67)(H,59,64)/t27-,34+,35-,37?,38-,39-,45+/m0/s1. The molecule has 9 N–H and O–H groups in total. The van der Waals surface area contributed by atoms with Crippen molar-refractivity contribution >= 4 is 75.7 Å². The van der Waals surface area contributed by atoms with Crippen molar-refractivity contribution in [3.63, 3.8) is 0 Å². The first-order chi connectivity index (χ1) is 33.2. The molecule has 19 heteroatoms. The number of hydrogen-bond donors (Lipinski definition) is 7. The van der Waals surface area contributed by atoms with Crippen molar-refractivity contribution in [3.05, 3.63) is 99.1 Å². The first kappa shape index (κ1) is 51.6. The smallest absolute Gasteiger partial charge is 0.247 e. The van der Waals surface area contributed by atoms with Gasteiger partial charge >= 0.3 is 0 Å². The average Bonchev–Trinajstić information content (AvgIpc) is 4.03. The van der Waals surface area contributed by atoms with Crippen molar-refractivity contribution in [3.8, 4) is 10.4 Å². The van der Waals surface area contributed by atoms with Gasteiger partial charge < -0.3 is 42.7 Å². The van der Waals surface area contributed by atoms with Crippen LogP contribution in [0.4, 0.5) is 11.4 Å². The van der Waals surface area contributed by atoms with Crippen LogP contribution in [0.2, 0.25) is 5.02 Å². The number of nitrogens with zero attached hydrogens (tertiary/aromatic N) is 3. The molecule has 17 nitrogen and oxygen atoms in total. The molecule has 7 atom stereocenters. The van der Waals surface area contributed by atoms with Crippen molar-refractivity contribution < 1.29 is 38.7 Å². The van der Waals surface area contributed by atoms with E-state index in [9.17, 15) is 38.7 Å². The fourth-order valence-corrected chi connectivity index (χ4v) is 10.5. The molecule has 7 amide bonds. The minimum Gasteiger partial charge on any atom is -0.391 e. The van der Waals surface area contributed by atoms with E-state index < -0.39 is 77.2 Å². The van der Waals surface area contributed by atoms with E-state index in [-0.39, 0.29) is 61.3 Å². The second kappa shape index (κ2) is 21.8. The summed E-state index contributed by atoms with van der Waals surface area (Å²) in [5.74, 6) is -3.59. The van der Waals surface area contributed by atoms with Crippen LogP contribution in [0.3, 0.4) is 0 Å². The third-order valence-corrected chi connectivity index (χ3v) is 14.7. The maximum Gasteiger partial charge on any atom is 0.247 e. The Morgan fingerprint density at radius 3 is 2.33 bits per heavy atom. The van der Waals surface area contributed by atoms with Crippen molar-refractivity contribution in [2.45, 2.75) is 135 Å². The Balaban J connectivity index is 0.949. The van der Waals surface area contributed by atoms with E-state index >= 15 is 0 Å². The van der Waals surface area contributed by atoms with Crippen LogP contribution >= 0.6 is 22.9 Å². The molecular formula is C51H62ClN9O8S. The van der Waals surface area contributed by atoms with E-state index in [4.69, 9.17) is 23.1 Å². The van der Waals surface area contributed by atoms with E-state index in [0.29, 0.717) is 36.9 Å². The van der Waals surface area contributed by atoms with Gasteiger partial charge in [-0.15, -0.1) is 11.3 Å². The summed E-state index contributed by atoms with van der Waals surface area (Å²) in [6.07, 6.45) is 0.663. The lowest BCUT2D eigenvalue weighted by molar-refractivity contribution is -0.144. The fourth-order valence-electron chi connectivity index (χ4n) is 9.46. The number of anilines is 2. The van der Waals surface area contributed by atoms with Crippen LogP contribution < -0.4 is 37.6 Å². The Morgan fingerprint density at radius 2 is 1.64 bits per heavy atom. The van der Waals surface area contributed by atoms with Crippen LogP contribution in [0.25, 0.3) is 10.4 Å². The molecule has 0 saturated carbocycles. The van der Waals surface area contributed by atoms with Crippen molar-refractivity contribution in [2.24, 2.45) is 16.9 Å². The fraction of sp³-hybridized carbons (Fsp3) is 0.451. The summed E-state index contributed by atoms with van der Waals surface area (Å²) in [7, 11) is 0. The van der Waals surface area contributed by atoms with Gasteiger partial charge in [0.15, 0.2) is 0 Å². The van der Waals surface area contributed by atoms with Gasteiger partial charge in [-0.1, -0.05) is 87.0 Å². The Hall–Kier alpha value is -6.21. The molecule has 0 radical (unpaired) electrons. The number of nitrogens with two attached hydrogens (primary N) is 2. The number of primary amides is 1. The lowest BCUT2D eigenvalue weighted by atomic mass is 9.85. The summed E-state index contributed by atoms with van der Waals surface area (Å²) in [4.78, 5) is 103. The van der Waals surface area contributed by atoms with Crippen LogP contribution in [-0.2, 0) is 52.8 Å². The second-order valence-electron chi connectivity index (χ2n) is 19.6. The van der Waals surface area contributed by atoms with Crippen molar-refractivity contribution in [2.75, 3.05) is 16.8 Å². The second-order valence-corrected chi connectivity index (χ2v) is 20.8. The van der Waals surface area contributed by atoms with Crippen molar-refractivity contribution in [1.29, 1.82) is 0 Å². The number of aliphatic hydroxyl groups excluding tert-OH is 1. The molecular weight excluding hydrogens is 934 g/mol. The van der Waals surface area contributed by atoms with Crippen LogP contribution in [0.15, 0.2) is 66.2 Å². The molecule has 4 aromatic rings. The summed E-state index contributed by atoms with van der Waals surface area (Å²) >= 11 is 8.39. The van der Waals surface area contributed by atoms with E-state index in [2.05, 4.69) is 26.3 Å². The lowest BCUT2D eigenvalue weighted by Gasteiger charge is -2.35. The summed E-state index contributed by atoms with van der Waals surface area (Å²) in [5, 5.41) is 22.4. The number of likely N-dealkylation sites (tertiary alicyclic amines) is 1. The van der Waals surface area contributed by atoms with E-state index in [1.807, 2.05) is 77.1 Å². The summed E-state index contributed by atoms with van der Waals surface area (Å²) < 4.78 is 0. The molecule has 1 fully saturated rings. The van der Waals surface area contributed by atoms with Gasteiger partial charge in [0.1, 0.15) is 24.2 Å². The quantitative estimate of drug-likeness (QED) is 0.0785. The molecule has 7 rings (SSSR count). The van der Waals surface area contributed by atoms with Crippen molar-refractivity contribution in [1.82, 2.24) is 25.8 Å². The molecule has 1 unspecified atom stereocenters. The van der Waals surface area contributed by atoms with Gasteiger partial charge in [0.05, 0.1) is 50.7 Å². The Labute approximate surface area is 416 Å². The molecule has 4 heterocycles. The predicted molar refractivity (Wildman–Crippen MR) is 267 cm³/mol. The number of carbonyl (C=O) groups is 7. The van der Waals surface area contributed by atoms with E-state index in [1.165, 1.54) is 9.80 Å². The number of nitrogens with one attached hydrogen (secondary N) is 4. The van der Waals surface area contributed by atoms with Crippen LogP contribution in [0, 0.1) is 12.3 Å². The number of carbonyl (C=O) groups excluding carboxylic acids is 7. The molecule has 0 bridgehead atoms. The number of benzene rings is 3. The zero-order chi connectivity index (χ0) is 50.6. The maximum atomic E-state index is 14.3. The highest BCUT2D eigenvalue weighted by Crippen LogP contribution is 2.39. The number of para-hydroxylation sites is 1. The third-order valence-electron chi connectivity index (χ3n) is 13.3. The Bertz CT molecular complexity index is 2650. The molecule has 1 saturated heterocycles. The van der Waals surface area contributed by atoms with Gasteiger partial charge in [-0.2, -0.15) is 0 Å². The number of amides is 7. The topological polar surface area (TPSA) is 259 Å². The van der Waals surface area contributed by atoms with Gasteiger partial charge in [-0.25, -0.2) is 4.98 Å². The number of β-amino-alcohol motifs (C(OH)–C–C–N with tert-alkyl or cyclic N) is 1. The molecule has 0 aliphatic carbocycles. The number of thiazole rings is 1. The molecule has 3 aliphatic rings. The zero-order valence-corrected chi connectivity index (χ0v) is 41.6. The average molecular weight is 997 g/mol. The predicted octanol–water partition coefficient (Wildman–Crippen LogP) is 4.38. The van der Waals surface area contributed by atoms with Crippen LogP contribution in [0.1, 0.15) is 100 Å². The lowest BCUT2D eigenvalue weighted by Crippen LogP contribution is -2.57. The molecule has 70 heavy (non-hydrogen) atoms. The summed E-state index contributed by atoms with van der Waals surface area (Å²) in [5.41, 5.74) is 18.8. The number of aliphatic hydroxyl groups is 1. The van der Waals surface area contributed by atoms with Crippen LogP contribution in [-0.4, -0.2) is 99.2 Å². The molecule has 3 aliphatic heterocycles. The monoisotopic (exact) mass is 995 g/mol. The highest BCUT2D eigenvalue weighted by Gasteiger charge is 2.46. The first-order valence-corrected chi connectivity index (χ1v) is 24.9. The van der Waals surface area contributed by atoms with Gasteiger partial charge in [0.25, 0.3) is 0 Å². The first-order valence-electron chi connectivity index (χ1n) is 23.7. The SMILES string of the molecule is Cc1ncsc1-c1ccc([C@H](C)NC(=O)[C@@H]2C[C@@H](O)CN2C(=O)[C@@H](NC(=O)CCCc2cccc(NC(=O)C(CCC(N)=O)NC(=O)[C@@H]3Cc4cccc5c4N3C(=O)[C@@H](N)CC5)c2Cl)C(C)(C)C)cc1. The normalized spacial score (nSPS) is 19.9. The summed E-state index contributed by atoms with van der Waals surface area (Å²) in [6.45, 7) is 9.19. The minimum atomic E-state index is -1.22. The van der Waals surface area contributed by atoms with E-state index in [1.54, 1.807) is 35.0 Å². The Morgan fingerprint density at radius 1 is 0.943 bits per heavy atom. The highest BCUT2D eigenvalue weighted by atomic mass is 35.5. The molecule has 1 aromatic heterocycles. The van der Waals surface area contributed by atoms with E-state index in [0.717, 1.165) is 32.8 Å². The molecule has 0 spiro atoms. The number of aryl methyl sites for hydroxylation is 3. The number of aromatic nitrogens is 1. The Kier molecular flexibility index (Phi) is 16.1. The molecule has 372 valence electrons.